The van der Waals surface area contributed by atoms with Crippen molar-refractivity contribution in [1.82, 2.24) is 10.1 Å². The fourth-order valence-electron chi connectivity index (χ4n) is 3.34. The SMILES string of the molecule is COc1ccc2onc(/C(C#N)=C/c3ccc(OCCN4CCOCC4)cc3)c2c1.Cl. The summed E-state index contributed by atoms with van der Waals surface area (Å²) >= 11 is 0. The van der Waals surface area contributed by atoms with Crippen molar-refractivity contribution in [2.75, 3.05) is 46.6 Å². The molecule has 1 fully saturated rings. The molecule has 1 aromatic heterocycles. The average Bonchev–Trinajstić information content (AvgIpc) is 3.22. The molecule has 0 bridgehead atoms. The molecule has 8 heteroatoms. The Bertz CT molecular complexity index is 1070. The number of rotatable bonds is 7. The van der Waals surface area contributed by atoms with Crippen LogP contribution in [0, 0.1) is 11.3 Å². The summed E-state index contributed by atoms with van der Waals surface area (Å²) in [5.74, 6) is 1.48. The number of methoxy groups -OCH3 is 1. The molecule has 1 aliphatic rings. The number of nitriles is 1. The lowest BCUT2D eigenvalue weighted by atomic mass is 10.1. The van der Waals surface area contributed by atoms with Crippen LogP contribution in [0.2, 0.25) is 0 Å². The smallest absolute Gasteiger partial charge is 0.167 e. The lowest BCUT2D eigenvalue weighted by molar-refractivity contribution is 0.0322. The van der Waals surface area contributed by atoms with E-state index in [4.69, 9.17) is 18.7 Å². The van der Waals surface area contributed by atoms with Gasteiger partial charge in [0.1, 0.15) is 29.9 Å². The highest BCUT2D eigenvalue weighted by atomic mass is 35.5. The molecule has 3 aromatic rings. The van der Waals surface area contributed by atoms with Gasteiger partial charge in [0.05, 0.1) is 31.3 Å². The molecule has 0 atom stereocenters. The fourth-order valence-corrected chi connectivity index (χ4v) is 3.34. The Kier molecular flexibility index (Phi) is 7.90. The van der Waals surface area contributed by atoms with Gasteiger partial charge in [-0.05, 0) is 42.0 Å². The standard InChI is InChI=1S/C23H23N3O4.ClH/c1-27-20-6-7-22-21(15-20)23(25-30-22)18(16-24)14-17-2-4-19(5-3-17)29-13-10-26-8-11-28-12-9-26;/h2-7,14-15H,8-13H2,1H3;1H/b18-14+;. The van der Waals surface area contributed by atoms with E-state index in [-0.39, 0.29) is 12.4 Å². The molecule has 0 aliphatic carbocycles. The van der Waals surface area contributed by atoms with Gasteiger partial charge in [0.15, 0.2) is 5.58 Å². The number of halogens is 1. The Morgan fingerprint density at radius 3 is 2.61 bits per heavy atom. The number of benzene rings is 2. The molecule has 162 valence electrons. The first-order chi connectivity index (χ1) is 14.8. The van der Waals surface area contributed by atoms with E-state index in [2.05, 4.69) is 16.1 Å². The number of hydrogen-bond acceptors (Lipinski definition) is 7. The molecular formula is C23H24ClN3O4. The molecule has 0 saturated carbocycles. The van der Waals surface area contributed by atoms with Crippen LogP contribution in [0.4, 0.5) is 0 Å². The minimum atomic E-state index is 0. The minimum Gasteiger partial charge on any atom is -0.497 e. The van der Waals surface area contributed by atoms with Gasteiger partial charge in [-0.25, -0.2) is 0 Å². The lowest BCUT2D eigenvalue weighted by Crippen LogP contribution is -2.38. The quantitative estimate of drug-likeness (QED) is 0.512. The zero-order valence-corrected chi connectivity index (χ0v) is 18.1. The van der Waals surface area contributed by atoms with Gasteiger partial charge < -0.3 is 18.7 Å². The predicted molar refractivity (Wildman–Crippen MR) is 120 cm³/mol. The fraction of sp³-hybridized carbons (Fsp3) is 0.304. The molecular weight excluding hydrogens is 418 g/mol. The van der Waals surface area contributed by atoms with Gasteiger partial charge in [-0.2, -0.15) is 5.26 Å². The second kappa shape index (κ2) is 10.8. The average molecular weight is 442 g/mol. The Labute approximate surface area is 187 Å². The van der Waals surface area contributed by atoms with Crippen molar-refractivity contribution in [3.63, 3.8) is 0 Å². The molecule has 0 spiro atoms. The van der Waals surface area contributed by atoms with Crippen molar-refractivity contribution < 1.29 is 18.7 Å². The van der Waals surface area contributed by atoms with Gasteiger partial charge in [-0.15, -0.1) is 12.4 Å². The number of morpholine rings is 1. The first kappa shape index (κ1) is 22.6. The van der Waals surface area contributed by atoms with E-state index in [1.165, 1.54) is 0 Å². The van der Waals surface area contributed by atoms with Crippen LogP contribution in [-0.2, 0) is 4.74 Å². The van der Waals surface area contributed by atoms with Gasteiger partial charge in [-0.1, -0.05) is 17.3 Å². The second-order valence-corrected chi connectivity index (χ2v) is 6.93. The molecule has 1 saturated heterocycles. The number of hydrogen-bond donors (Lipinski definition) is 0. The van der Waals surface area contributed by atoms with Gasteiger partial charge in [0.2, 0.25) is 0 Å². The van der Waals surface area contributed by atoms with E-state index in [1.54, 1.807) is 25.3 Å². The Balaban J connectivity index is 0.00000272. The summed E-state index contributed by atoms with van der Waals surface area (Å²) < 4.78 is 21.8. The lowest BCUT2D eigenvalue weighted by Gasteiger charge is -2.26. The molecule has 4 rings (SSSR count). The van der Waals surface area contributed by atoms with Crippen LogP contribution in [0.15, 0.2) is 47.0 Å². The first-order valence-electron chi connectivity index (χ1n) is 9.85. The summed E-state index contributed by atoms with van der Waals surface area (Å²) in [7, 11) is 1.60. The van der Waals surface area contributed by atoms with Gasteiger partial charge in [0, 0.05) is 19.6 Å². The summed E-state index contributed by atoms with van der Waals surface area (Å²) in [6, 6.07) is 15.3. The van der Waals surface area contributed by atoms with Crippen LogP contribution in [0.25, 0.3) is 22.6 Å². The molecule has 0 amide bonds. The van der Waals surface area contributed by atoms with Crippen molar-refractivity contribution in [1.29, 1.82) is 5.26 Å². The summed E-state index contributed by atoms with van der Waals surface area (Å²) in [4.78, 5) is 2.33. The number of ether oxygens (including phenoxy) is 3. The van der Waals surface area contributed by atoms with Crippen LogP contribution in [-0.4, -0.2) is 56.6 Å². The maximum absolute atomic E-state index is 9.67. The van der Waals surface area contributed by atoms with Gasteiger partial charge >= 0.3 is 0 Å². The molecule has 0 unspecified atom stereocenters. The monoisotopic (exact) mass is 441 g/mol. The molecule has 2 aromatic carbocycles. The first-order valence-corrected chi connectivity index (χ1v) is 9.85. The summed E-state index contributed by atoms with van der Waals surface area (Å²) in [5.41, 5.74) is 2.40. The van der Waals surface area contributed by atoms with Crippen LogP contribution < -0.4 is 9.47 Å². The summed E-state index contributed by atoms with van der Waals surface area (Å²) in [5, 5.41) is 14.5. The maximum atomic E-state index is 9.67. The summed E-state index contributed by atoms with van der Waals surface area (Å²) in [6.07, 6.45) is 1.79. The third-order valence-corrected chi connectivity index (χ3v) is 5.02. The largest absolute Gasteiger partial charge is 0.497 e. The molecule has 0 N–H and O–H groups in total. The number of fused-ring (bicyclic) bond motifs is 1. The van der Waals surface area contributed by atoms with Crippen molar-refractivity contribution >= 4 is 35.0 Å². The molecule has 1 aliphatic heterocycles. The Morgan fingerprint density at radius 1 is 1.16 bits per heavy atom. The summed E-state index contributed by atoms with van der Waals surface area (Å²) in [6.45, 7) is 4.99. The highest BCUT2D eigenvalue weighted by Crippen LogP contribution is 2.29. The van der Waals surface area contributed by atoms with E-state index >= 15 is 0 Å². The van der Waals surface area contributed by atoms with Crippen LogP contribution in [0.5, 0.6) is 11.5 Å². The van der Waals surface area contributed by atoms with Crippen molar-refractivity contribution in [2.24, 2.45) is 0 Å². The topological polar surface area (TPSA) is 80.8 Å². The number of nitrogens with zero attached hydrogens (tertiary/aromatic N) is 3. The minimum absolute atomic E-state index is 0. The highest BCUT2D eigenvalue weighted by Gasteiger charge is 2.14. The number of allylic oxidation sites excluding steroid dienone is 1. The Hall–Kier alpha value is -3.05. The van der Waals surface area contributed by atoms with Crippen LogP contribution >= 0.6 is 12.4 Å². The van der Waals surface area contributed by atoms with Crippen molar-refractivity contribution in [3.05, 3.63) is 53.7 Å². The zero-order chi connectivity index (χ0) is 20.8. The van der Waals surface area contributed by atoms with Crippen LogP contribution in [0.1, 0.15) is 11.3 Å². The van der Waals surface area contributed by atoms with Gasteiger partial charge in [-0.3, -0.25) is 4.90 Å². The van der Waals surface area contributed by atoms with E-state index in [0.717, 1.165) is 49.5 Å². The third kappa shape index (κ3) is 5.56. The third-order valence-electron chi connectivity index (χ3n) is 5.02. The maximum Gasteiger partial charge on any atom is 0.167 e. The van der Waals surface area contributed by atoms with Crippen molar-refractivity contribution in [3.8, 4) is 17.6 Å². The predicted octanol–water partition coefficient (Wildman–Crippen LogP) is 4.03. The normalized spacial score (nSPS) is 14.6. The molecule has 7 nitrogen and oxygen atoms in total. The molecule has 2 heterocycles. The second-order valence-electron chi connectivity index (χ2n) is 6.93. The molecule has 31 heavy (non-hydrogen) atoms. The highest BCUT2D eigenvalue weighted by molar-refractivity contribution is 5.99. The zero-order valence-electron chi connectivity index (χ0n) is 17.2. The van der Waals surface area contributed by atoms with E-state index < -0.39 is 0 Å². The number of aromatic nitrogens is 1. The molecule has 0 radical (unpaired) electrons. The Morgan fingerprint density at radius 2 is 1.90 bits per heavy atom. The van der Waals surface area contributed by atoms with E-state index in [0.29, 0.717) is 29.2 Å². The van der Waals surface area contributed by atoms with E-state index in [1.807, 2.05) is 30.3 Å². The van der Waals surface area contributed by atoms with Crippen LogP contribution in [0.3, 0.4) is 0 Å². The van der Waals surface area contributed by atoms with Crippen molar-refractivity contribution in [2.45, 2.75) is 0 Å². The van der Waals surface area contributed by atoms with Gasteiger partial charge in [0.25, 0.3) is 0 Å². The van der Waals surface area contributed by atoms with E-state index in [9.17, 15) is 5.26 Å².